The van der Waals surface area contributed by atoms with Gasteiger partial charge in [-0.2, -0.15) is 0 Å². The fourth-order valence-electron chi connectivity index (χ4n) is 3.04. The number of benzene rings is 2. The fourth-order valence-corrected chi connectivity index (χ4v) is 3.04. The van der Waals surface area contributed by atoms with Crippen LogP contribution >= 0.6 is 0 Å². The van der Waals surface area contributed by atoms with E-state index < -0.39 is 5.41 Å². The van der Waals surface area contributed by atoms with E-state index in [1.165, 1.54) is 11.1 Å². The minimum atomic E-state index is -0.923. The van der Waals surface area contributed by atoms with Gasteiger partial charge in [-0.15, -0.1) is 0 Å². The summed E-state index contributed by atoms with van der Waals surface area (Å²) < 4.78 is 0. The molecule has 1 aliphatic rings. The lowest BCUT2D eigenvalue weighted by Gasteiger charge is -2.20. The summed E-state index contributed by atoms with van der Waals surface area (Å²) in [4.78, 5) is 25.3. The van der Waals surface area contributed by atoms with Gasteiger partial charge in [0.05, 0.1) is 0 Å². The van der Waals surface area contributed by atoms with E-state index in [1.54, 1.807) is 0 Å². The molecule has 1 aliphatic carbocycles. The third kappa shape index (κ3) is 4.38. The topological polar surface area (TPSA) is 58.2 Å². The average Bonchev–Trinajstić information content (AvgIpc) is 3.43. The van der Waals surface area contributed by atoms with Crippen molar-refractivity contribution in [3.63, 3.8) is 0 Å². The molecule has 1 fully saturated rings. The molecule has 0 aromatic heterocycles. The lowest BCUT2D eigenvalue weighted by Crippen LogP contribution is -2.39. The smallest absolute Gasteiger partial charge is 0.240 e. The van der Waals surface area contributed by atoms with Gasteiger partial charge < -0.3 is 10.6 Å². The third-order valence-electron chi connectivity index (χ3n) is 5.20. The maximum absolute atomic E-state index is 12.7. The number of carbonyl (C=O) groups excluding carboxylic acids is 2. The van der Waals surface area contributed by atoms with E-state index in [4.69, 9.17) is 0 Å². The Labute approximate surface area is 161 Å². The monoisotopic (exact) mass is 364 g/mol. The van der Waals surface area contributed by atoms with Crippen LogP contribution in [0.3, 0.4) is 0 Å². The molecular weight excluding hydrogens is 336 g/mol. The van der Waals surface area contributed by atoms with E-state index in [0.717, 1.165) is 11.3 Å². The van der Waals surface area contributed by atoms with Gasteiger partial charge in [-0.1, -0.05) is 62.7 Å². The van der Waals surface area contributed by atoms with Crippen LogP contribution in [-0.2, 0) is 21.5 Å². The lowest BCUT2D eigenvalue weighted by molar-refractivity contribution is -0.134. The van der Waals surface area contributed by atoms with Crippen LogP contribution in [0.25, 0.3) is 0 Å². The Morgan fingerprint density at radius 3 is 2.04 bits per heavy atom. The Morgan fingerprint density at radius 2 is 1.52 bits per heavy atom. The first-order valence-electron chi connectivity index (χ1n) is 9.47. The summed E-state index contributed by atoms with van der Waals surface area (Å²) in [5.41, 5.74) is 3.29. The van der Waals surface area contributed by atoms with Crippen LogP contribution < -0.4 is 10.6 Å². The van der Waals surface area contributed by atoms with Crippen molar-refractivity contribution >= 4 is 17.5 Å². The van der Waals surface area contributed by atoms with E-state index in [-0.39, 0.29) is 17.2 Å². The van der Waals surface area contributed by atoms with Crippen LogP contribution in [0.15, 0.2) is 48.5 Å². The standard InChI is InChI=1S/C23H28N2O2/c1-16-5-7-17(8-6-16)15-24-20(26)23(13-14-23)21(27)25-19-11-9-18(10-12-19)22(2,3)4/h5-12H,13-15H2,1-4H3,(H,24,26)(H,25,27). The molecule has 0 radical (unpaired) electrons. The minimum Gasteiger partial charge on any atom is -0.351 e. The van der Waals surface area contributed by atoms with Crippen LogP contribution in [-0.4, -0.2) is 11.8 Å². The molecule has 2 aromatic rings. The van der Waals surface area contributed by atoms with E-state index in [0.29, 0.717) is 19.4 Å². The van der Waals surface area contributed by atoms with E-state index in [9.17, 15) is 9.59 Å². The Kier molecular flexibility index (Phi) is 5.09. The molecule has 2 aromatic carbocycles. The van der Waals surface area contributed by atoms with Crippen molar-refractivity contribution in [1.82, 2.24) is 5.32 Å². The predicted octanol–water partition coefficient (Wildman–Crippen LogP) is 4.33. The average molecular weight is 364 g/mol. The maximum Gasteiger partial charge on any atom is 0.240 e. The zero-order chi connectivity index (χ0) is 19.7. The first-order valence-corrected chi connectivity index (χ1v) is 9.47. The minimum absolute atomic E-state index is 0.0656. The summed E-state index contributed by atoms with van der Waals surface area (Å²) >= 11 is 0. The Bertz CT molecular complexity index is 826. The molecule has 1 saturated carbocycles. The molecule has 3 rings (SSSR count). The lowest BCUT2D eigenvalue weighted by atomic mass is 9.87. The molecule has 0 atom stereocenters. The van der Waals surface area contributed by atoms with Crippen LogP contribution in [0.5, 0.6) is 0 Å². The van der Waals surface area contributed by atoms with Gasteiger partial charge in [-0.25, -0.2) is 0 Å². The molecule has 0 unspecified atom stereocenters. The summed E-state index contributed by atoms with van der Waals surface area (Å²) in [5.74, 6) is -0.403. The van der Waals surface area contributed by atoms with Crippen LogP contribution in [0.4, 0.5) is 5.69 Å². The maximum atomic E-state index is 12.7. The first kappa shape index (κ1) is 19.2. The van der Waals surface area contributed by atoms with Gasteiger partial charge in [0.25, 0.3) is 0 Å². The molecule has 4 nitrogen and oxygen atoms in total. The molecule has 0 saturated heterocycles. The number of carbonyl (C=O) groups is 2. The fraction of sp³-hybridized carbons (Fsp3) is 0.391. The first-order chi connectivity index (χ1) is 12.7. The second-order valence-electron chi connectivity index (χ2n) is 8.53. The van der Waals surface area contributed by atoms with Gasteiger partial charge in [0.1, 0.15) is 5.41 Å². The number of nitrogens with one attached hydrogen (secondary N) is 2. The number of aryl methyl sites for hydroxylation is 1. The number of hydrogen-bond acceptors (Lipinski definition) is 2. The highest BCUT2D eigenvalue weighted by molar-refractivity contribution is 6.13. The Morgan fingerprint density at radius 1 is 0.926 bits per heavy atom. The number of anilines is 1. The van der Waals surface area contributed by atoms with Gasteiger partial charge in [0.15, 0.2) is 0 Å². The number of hydrogen-bond donors (Lipinski definition) is 2. The van der Waals surface area contributed by atoms with Crippen molar-refractivity contribution in [2.75, 3.05) is 5.32 Å². The van der Waals surface area contributed by atoms with Crippen molar-refractivity contribution in [2.24, 2.45) is 5.41 Å². The number of amides is 2. The van der Waals surface area contributed by atoms with Gasteiger partial charge >= 0.3 is 0 Å². The quantitative estimate of drug-likeness (QED) is 0.776. The highest BCUT2D eigenvalue weighted by atomic mass is 16.2. The molecule has 0 aliphatic heterocycles. The van der Waals surface area contributed by atoms with Crippen LogP contribution in [0.2, 0.25) is 0 Å². The second-order valence-corrected chi connectivity index (χ2v) is 8.53. The summed E-state index contributed by atoms with van der Waals surface area (Å²) in [6, 6.07) is 15.9. The van der Waals surface area contributed by atoms with Crippen LogP contribution in [0, 0.1) is 12.3 Å². The van der Waals surface area contributed by atoms with Crippen molar-refractivity contribution in [2.45, 2.75) is 52.5 Å². The van der Waals surface area contributed by atoms with Gasteiger partial charge in [-0.3, -0.25) is 9.59 Å². The van der Waals surface area contributed by atoms with Crippen molar-refractivity contribution in [1.29, 1.82) is 0 Å². The molecule has 2 amide bonds. The van der Waals surface area contributed by atoms with Gasteiger partial charge in [0.2, 0.25) is 11.8 Å². The normalized spacial score (nSPS) is 15.1. The largest absolute Gasteiger partial charge is 0.351 e. The molecule has 0 bridgehead atoms. The van der Waals surface area contributed by atoms with E-state index in [2.05, 4.69) is 31.4 Å². The molecule has 4 heteroatoms. The predicted molar refractivity (Wildman–Crippen MR) is 108 cm³/mol. The summed E-state index contributed by atoms with van der Waals surface area (Å²) in [6.45, 7) is 8.92. The molecule has 0 spiro atoms. The Hall–Kier alpha value is -2.62. The van der Waals surface area contributed by atoms with Crippen molar-refractivity contribution < 1.29 is 9.59 Å². The molecule has 2 N–H and O–H groups in total. The zero-order valence-corrected chi connectivity index (χ0v) is 16.6. The SMILES string of the molecule is Cc1ccc(CNC(=O)C2(C(=O)Nc3ccc(C(C)(C)C)cc3)CC2)cc1. The zero-order valence-electron chi connectivity index (χ0n) is 16.6. The molecule has 27 heavy (non-hydrogen) atoms. The third-order valence-corrected chi connectivity index (χ3v) is 5.20. The van der Waals surface area contributed by atoms with Gasteiger partial charge in [-0.05, 0) is 48.4 Å². The van der Waals surface area contributed by atoms with E-state index >= 15 is 0 Å². The van der Waals surface area contributed by atoms with Crippen molar-refractivity contribution in [3.05, 3.63) is 65.2 Å². The van der Waals surface area contributed by atoms with Crippen molar-refractivity contribution in [3.8, 4) is 0 Å². The summed E-state index contributed by atoms with van der Waals surface area (Å²) in [5, 5.41) is 5.83. The highest BCUT2D eigenvalue weighted by Gasteiger charge is 2.56. The molecule has 0 heterocycles. The highest BCUT2D eigenvalue weighted by Crippen LogP contribution is 2.47. The summed E-state index contributed by atoms with van der Waals surface area (Å²) in [6.07, 6.45) is 1.19. The molecule has 142 valence electrons. The Balaban J connectivity index is 1.60. The number of rotatable bonds is 5. The van der Waals surface area contributed by atoms with E-state index in [1.807, 2.05) is 55.5 Å². The summed E-state index contributed by atoms with van der Waals surface area (Å²) in [7, 11) is 0. The van der Waals surface area contributed by atoms with Crippen LogP contribution in [0.1, 0.15) is 50.3 Å². The second kappa shape index (κ2) is 7.18. The molecular formula is C23H28N2O2. The van der Waals surface area contributed by atoms with Gasteiger partial charge in [0, 0.05) is 12.2 Å².